The first-order valence-electron chi connectivity index (χ1n) is 7.82. The molecule has 4 heteroatoms. The molecule has 0 spiro atoms. The molecule has 0 aromatic carbocycles. The van der Waals surface area contributed by atoms with Gasteiger partial charge in [-0.3, -0.25) is 4.68 Å². The molecule has 0 radical (unpaired) electrons. The van der Waals surface area contributed by atoms with E-state index in [0.717, 1.165) is 36.7 Å². The zero-order valence-electron chi connectivity index (χ0n) is 13.9. The molecular weight excluding hydrogens is 262 g/mol. The van der Waals surface area contributed by atoms with Crippen molar-refractivity contribution >= 4 is 0 Å². The van der Waals surface area contributed by atoms with Gasteiger partial charge in [0.2, 0.25) is 0 Å². The third kappa shape index (κ3) is 3.97. The molecule has 0 saturated heterocycles. The lowest BCUT2D eigenvalue weighted by Crippen LogP contribution is -2.18. The largest absolute Gasteiger partial charge is 0.463 e. The molecular formula is C17H27N3O. The monoisotopic (exact) mass is 289 g/mol. The van der Waals surface area contributed by atoms with Crippen LogP contribution >= 0.6 is 0 Å². The van der Waals surface area contributed by atoms with Crippen molar-refractivity contribution in [2.75, 3.05) is 6.54 Å². The minimum Gasteiger partial charge on any atom is -0.463 e. The van der Waals surface area contributed by atoms with Gasteiger partial charge in [0.05, 0.1) is 18.8 Å². The van der Waals surface area contributed by atoms with Crippen LogP contribution in [0.2, 0.25) is 0 Å². The molecule has 0 fully saturated rings. The van der Waals surface area contributed by atoms with Crippen LogP contribution in [0.5, 0.6) is 0 Å². The van der Waals surface area contributed by atoms with E-state index in [9.17, 15) is 0 Å². The molecule has 0 amide bonds. The van der Waals surface area contributed by atoms with Crippen LogP contribution < -0.4 is 5.32 Å². The van der Waals surface area contributed by atoms with Crippen LogP contribution in [-0.2, 0) is 19.5 Å². The fourth-order valence-electron chi connectivity index (χ4n) is 2.63. The maximum atomic E-state index is 5.88. The predicted octanol–water partition coefficient (Wildman–Crippen LogP) is 3.45. The zero-order chi connectivity index (χ0) is 15.4. The lowest BCUT2D eigenvalue weighted by atomic mass is 10.1. The Labute approximate surface area is 127 Å². The summed E-state index contributed by atoms with van der Waals surface area (Å²) in [5.74, 6) is 2.61. The summed E-state index contributed by atoms with van der Waals surface area (Å²) < 4.78 is 7.92. The average Bonchev–Trinajstić information content (AvgIpc) is 2.95. The number of nitrogens with one attached hydrogen (secondary N) is 1. The van der Waals surface area contributed by atoms with Gasteiger partial charge in [-0.05, 0) is 50.4 Å². The van der Waals surface area contributed by atoms with Crippen LogP contribution in [0.4, 0.5) is 0 Å². The molecule has 0 saturated carbocycles. The second-order valence-corrected chi connectivity index (χ2v) is 6.05. The van der Waals surface area contributed by atoms with Crippen molar-refractivity contribution in [1.29, 1.82) is 0 Å². The van der Waals surface area contributed by atoms with Gasteiger partial charge in [0.25, 0.3) is 0 Å². The van der Waals surface area contributed by atoms with Gasteiger partial charge in [-0.15, -0.1) is 0 Å². The van der Waals surface area contributed by atoms with E-state index in [1.54, 1.807) is 0 Å². The summed E-state index contributed by atoms with van der Waals surface area (Å²) in [6, 6.07) is 4.10. The van der Waals surface area contributed by atoms with Crippen molar-refractivity contribution in [2.24, 2.45) is 5.92 Å². The van der Waals surface area contributed by atoms with Gasteiger partial charge in [-0.1, -0.05) is 20.8 Å². The highest BCUT2D eigenvalue weighted by atomic mass is 16.3. The predicted molar refractivity (Wildman–Crippen MR) is 85.4 cm³/mol. The Morgan fingerprint density at radius 2 is 1.95 bits per heavy atom. The molecule has 21 heavy (non-hydrogen) atoms. The molecule has 0 atom stereocenters. The molecule has 0 bridgehead atoms. The second-order valence-electron chi connectivity index (χ2n) is 6.05. The van der Waals surface area contributed by atoms with E-state index in [1.165, 1.54) is 11.3 Å². The molecule has 0 unspecified atom stereocenters. The van der Waals surface area contributed by atoms with Crippen LogP contribution in [0.15, 0.2) is 16.5 Å². The number of furan rings is 1. The highest BCUT2D eigenvalue weighted by Crippen LogP contribution is 2.16. The molecule has 0 aliphatic heterocycles. The van der Waals surface area contributed by atoms with Crippen LogP contribution in [0.3, 0.4) is 0 Å². The van der Waals surface area contributed by atoms with E-state index < -0.39 is 0 Å². The fourth-order valence-corrected chi connectivity index (χ4v) is 2.63. The molecule has 0 aliphatic carbocycles. The van der Waals surface area contributed by atoms with E-state index in [0.29, 0.717) is 12.5 Å². The Balaban J connectivity index is 1.99. The first kappa shape index (κ1) is 15.8. The quantitative estimate of drug-likeness (QED) is 0.849. The Hall–Kier alpha value is -1.55. The van der Waals surface area contributed by atoms with Crippen LogP contribution in [-0.4, -0.2) is 16.3 Å². The average molecular weight is 289 g/mol. The SMILES string of the molecule is CCc1c(C)nn(Cc2ccc(CNCC(C)C)o2)c1C. The van der Waals surface area contributed by atoms with Crippen molar-refractivity contribution in [3.8, 4) is 0 Å². The van der Waals surface area contributed by atoms with Crippen LogP contribution in [0.1, 0.15) is 49.2 Å². The molecule has 2 rings (SSSR count). The topological polar surface area (TPSA) is 43.0 Å². The molecule has 2 heterocycles. The molecule has 4 nitrogen and oxygen atoms in total. The molecule has 1 N–H and O–H groups in total. The first-order chi connectivity index (χ1) is 10.0. The summed E-state index contributed by atoms with van der Waals surface area (Å²) in [4.78, 5) is 0. The lowest BCUT2D eigenvalue weighted by molar-refractivity contribution is 0.421. The van der Waals surface area contributed by atoms with Crippen LogP contribution in [0, 0.1) is 19.8 Å². The van der Waals surface area contributed by atoms with Crippen molar-refractivity contribution in [2.45, 2.75) is 54.1 Å². The summed E-state index contributed by atoms with van der Waals surface area (Å²) in [5.41, 5.74) is 3.71. The summed E-state index contributed by atoms with van der Waals surface area (Å²) in [5, 5.41) is 8.01. The van der Waals surface area contributed by atoms with Crippen molar-refractivity contribution < 1.29 is 4.42 Å². The second kappa shape index (κ2) is 6.94. The smallest absolute Gasteiger partial charge is 0.125 e. The molecule has 2 aromatic rings. The first-order valence-corrected chi connectivity index (χ1v) is 7.82. The molecule has 0 aliphatic rings. The summed E-state index contributed by atoms with van der Waals surface area (Å²) >= 11 is 0. The summed E-state index contributed by atoms with van der Waals surface area (Å²) in [6.07, 6.45) is 1.03. The highest BCUT2D eigenvalue weighted by Gasteiger charge is 2.11. The normalized spacial score (nSPS) is 11.5. The van der Waals surface area contributed by atoms with Gasteiger partial charge in [-0.2, -0.15) is 5.10 Å². The Bertz CT molecular complexity index is 581. The summed E-state index contributed by atoms with van der Waals surface area (Å²) in [6.45, 7) is 13.3. The maximum absolute atomic E-state index is 5.88. The van der Waals surface area contributed by atoms with E-state index in [1.807, 2.05) is 4.68 Å². The number of aryl methyl sites for hydroxylation is 1. The van der Waals surface area contributed by atoms with Gasteiger partial charge in [0.1, 0.15) is 11.5 Å². The maximum Gasteiger partial charge on any atom is 0.125 e. The van der Waals surface area contributed by atoms with Crippen molar-refractivity contribution in [1.82, 2.24) is 15.1 Å². The van der Waals surface area contributed by atoms with Gasteiger partial charge < -0.3 is 9.73 Å². The third-order valence-electron chi connectivity index (χ3n) is 3.76. The number of hydrogen-bond donors (Lipinski definition) is 1. The van der Waals surface area contributed by atoms with Gasteiger partial charge >= 0.3 is 0 Å². The van der Waals surface area contributed by atoms with E-state index in [-0.39, 0.29) is 0 Å². The third-order valence-corrected chi connectivity index (χ3v) is 3.76. The number of rotatable bonds is 7. The van der Waals surface area contributed by atoms with E-state index >= 15 is 0 Å². The van der Waals surface area contributed by atoms with E-state index in [2.05, 4.69) is 57.2 Å². The fraction of sp³-hybridized carbons (Fsp3) is 0.588. The van der Waals surface area contributed by atoms with Crippen molar-refractivity contribution in [3.05, 3.63) is 40.6 Å². The molecule has 116 valence electrons. The Morgan fingerprint density at radius 3 is 2.57 bits per heavy atom. The minimum atomic E-state index is 0.654. The summed E-state index contributed by atoms with van der Waals surface area (Å²) in [7, 11) is 0. The van der Waals surface area contributed by atoms with E-state index in [4.69, 9.17) is 4.42 Å². The van der Waals surface area contributed by atoms with Gasteiger partial charge in [-0.25, -0.2) is 0 Å². The highest BCUT2D eigenvalue weighted by molar-refractivity contribution is 5.24. The van der Waals surface area contributed by atoms with Crippen LogP contribution in [0.25, 0.3) is 0 Å². The number of nitrogens with zero attached hydrogens (tertiary/aromatic N) is 2. The number of hydrogen-bond acceptors (Lipinski definition) is 3. The standard InChI is InChI=1S/C17H27N3O/c1-6-17-13(4)19-20(14(17)5)11-16-8-7-15(21-16)10-18-9-12(2)3/h7-8,12,18H,6,9-11H2,1-5H3. The zero-order valence-corrected chi connectivity index (χ0v) is 13.9. The minimum absolute atomic E-state index is 0.654. The van der Waals surface area contributed by atoms with Gasteiger partial charge in [0.15, 0.2) is 0 Å². The Morgan fingerprint density at radius 1 is 1.24 bits per heavy atom. The molecule has 2 aromatic heterocycles. The van der Waals surface area contributed by atoms with Gasteiger partial charge in [0, 0.05) is 5.69 Å². The van der Waals surface area contributed by atoms with Crippen molar-refractivity contribution in [3.63, 3.8) is 0 Å². The number of aromatic nitrogens is 2. The lowest BCUT2D eigenvalue weighted by Gasteiger charge is -2.05. The Kier molecular flexibility index (Phi) is 5.23.